The van der Waals surface area contributed by atoms with E-state index in [1.165, 1.54) is 10.8 Å². The zero-order chi connectivity index (χ0) is 34.5. The molecule has 0 N–H and O–H groups in total. The normalized spacial score (nSPS) is 11.8. The minimum Gasteiger partial charge on any atom is -0.318 e. The van der Waals surface area contributed by atoms with Crippen LogP contribution in [0.25, 0.3) is 103 Å². The van der Waals surface area contributed by atoms with Gasteiger partial charge in [-0.1, -0.05) is 133 Å². The van der Waals surface area contributed by atoms with Gasteiger partial charge in [-0.15, -0.1) is 0 Å². The minimum atomic E-state index is 0.485. The standard InChI is InChI=1S/C48H26N4/c1-50-46-42(51-40-24-12-10-22-38(40)44-34-18-6-2-14-30(34)32-16-4-8-20-36(32)47(44)51)26-29(28-49)27-43(46)52-41-25-13-11-23-39(41)45-35-19-7-3-15-31(35)33-17-5-9-21-37(33)48(45)52/h2-27H. The van der Waals surface area contributed by atoms with Crippen molar-refractivity contribution in [3.05, 3.63) is 175 Å². The number of benzene rings is 9. The first kappa shape index (κ1) is 28.4. The predicted octanol–water partition coefficient (Wildman–Crippen LogP) is 12.9. The molecule has 2 heterocycles. The summed E-state index contributed by atoms with van der Waals surface area (Å²) in [4.78, 5) is 4.37. The van der Waals surface area contributed by atoms with E-state index in [4.69, 9.17) is 6.57 Å². The third-order valence-electron chi connectivity index (χ3n) is 10.9. The number of hydrogen-bond donors (Lipinski definition) is 0. The Morgan fingerprint density at radius 2 is 0.750 bits per heavy atom. The molecule has 0 radical (unpaired) electrons. The monoisotopic (exact) mass is 658 g/mol. The summed E-state index contributed by atoms with van der Waals surface area (Å²) >= 11 is 0. The average molecular weight is 659 g/mol. The van der Waals surface area contributed by atoms with Gasteiger partial charge < -0.3 is 9.13 Å². The minimum absolute atomic E-state index is 0.485. The molecule has 238 valence electrons. The first-order valence-electron chi connectivity index (χ1n) is 17.4. The molecule has 0 spiro atoms. The highest BCUT2D eigenvalue weighted by Gasteiger charge is 2.25. The molecule has 9 aromatic carbocycles. The molecule has 0 bridgehead atoms. The maximum atomic E-state index is 10.7. The average Bonchev–Trinajstić information content (AvgIpc) is 3.75. The lowest BCUT2D eigenvalue weighted by molar-refractivity contribution is 1.15. The molecule has 0 amide bonds. The summed E-state index contributed by atoms with van der Waals surface area (Å²) in [6, 6.07) is 57.4. The van der Waals surface area contributed by atoms with Crippen LogP contribution in [0.4, 0.5) is 5.69 Å². The molecular weight excluding hydrogens is 633 g/mol. The quantitative estimate of drug-likeness (QED) is 0.135. The maximum Gasteiger partial charge on any atom is 0.234 e. The second-order valence-corrected chi connectivity index (χ2v) is 13.4. The van der Waals surface area contributed by atoms with Crippen molar-refractivity contribution in [2.45, 2.75) is 0 Å². The Kier molecular flexibility index (Phi) is 5.77. The summed E-state index contributed by atoms with van der Waals surface area (Å²) in [5.74, 6) is 0. The molecule has 52 heavy (non-hydrogen) atoms. The Bertz CT molecular complexity index is 3220. The Balaban J connectivity index is 1.38. The second-order valence-electron chi connectivity index (χ2n) is 13.4. The molecular formula is C48H26N4. The van der Waals surface area contributed by atoms with Gasteiger partial charge in [0.25, 0.3) is 0 Å². The summed E-state index contributed by atoms with van der Waals surface area (Å²) in [6.07, 6.45) is 0. The number of rotatable bonds is 2. The van der Waals surface area contributed by atoms with E-state index < -0.39 is 0 Å². The highest BCUT2D eigenvalue weighted by Crippen LogP contribution is 2.48. The van der Waals surface area contributed by atoms with Crippen LogP contribution in [0.1, 0.15) is 5.56 Å². The van der Waals surface area contributed by atoms with Crippen LogP contribution >= 0.6 is 0 Å². The van der Waals surface area contributed by atoms with Gasteiger partial charge >= 0.3 is 0 Å². The van der Waals surface area contributed by atoms with Crippen molar-refractivity contribution in [2.24, 2.45) is 0 Å². The van der Waals surface area contributed by atoms with Crippen LogP contribution in [0.2, 0.25) is 0 Å². The van der Waals surface area contributed by atoms with E-state index in [2.05, 4.69) is 166 Å². The third-order valence-corrected chi connectivity index (χ3v) is 10.9. The molecule has 0 aliphatic carbocycles. The molecule has 4 nitrogen and oxygen atoms in total. The number of hydrogen-bond acceptors (Lipinski definition) is 1. The molecule has 11 aromatic rings. The van der Waals surface area contributed by atoms with Crippen LogP contribution in [0.5, 0.6) is 0 Å². The van der Waals surface area contributed by atoms with Gasteiger partial charge in [0.15, 0.2) is 0 Å². The fourth-order valence-corrected chi connectivity index (χ4v) is 8.88. The lowest BCUT2D eigenvalue weighted by atomic mass is 9.96. The van der Waals surface area contributed by atoms with Crippen molar-refractivity contribution in [3.8, 4) is 17.4 Å². The lowest BCUT2D eigenvalue weighted by Gasteiger charge is -2.18. The second kappa shape index (κ2) is 10.6. The third kappa shape index (κ3) is 3.63. The van der Waals surface area contributed by atoms with Gasteiger partial charge in [0.05, 0.1) is 51.6 Å². The molecule has 0 fully saturated rings. The van der Waals surface area contributed by atoms with E-state index in [1.807, 2.05) is 12.1 Å². The maximum absolute atomic E-state index is 10.7. The fourth-order valence-electron chi connectivity index (χ4n) is 8.88. The Morgan fingerprint density at radius 3 is 1.13 bits per heavy atom. The number of fused-ring (bicyclic) bond motifs is 16. The van der Waals surface area contributed by atoms with Crippen LogP contribution in [-0.4, -0.2) is 9.13 Å². The SMILES string of the molecule is [C-]#[N+]c1c(-n2c3ccccc3c3c4ccccc4c4ccccc4c32)cc(C#N)cc1-n1c2ccccc2c2c3ccccc3c3ccccc3c21. The highest BCUT2D eigenvalue weighted by molar-refractivity contribution is 6.33. The first-order valence-corrected chi connectivity index (χ1v) is 17.4. The van der Waals surface area contributed by atoms with E-state index in [0.29, 0.717) is 22.6 Å². The summed E-state index contributed by atoms with van der Waals surface area (Å²) in [5, 5.41) is 24.4. The molecule has 0 atom stereocenters. The molecule has 0 aliphatic rings. The van der Waals surface area contributed by atoms with E-state index in [0.717, 1.165) is 75.9 Å². The van der Waals surface area contributed by atoms with E-state index >= 15 is 0 Å². The zero-order valence-corrected chi connectivity index (χ0v) is 27.8. The lowest BCUT2D eigenvalue weighted by Crippen LogP contribution is -2.02. The van der Waals surface area contributed by atoms with Crippen molar-refractivity contribution in [2.75, 3.05) is 0 Å². The van der Waals surface area contributed by atoms with Gasteiger partial charge in [-0.25, -0.2) is 4.85 Å². The molecule has 2 aromatic heterocycles. The van der Waals surface area contributed by atoms with E-state index in [9.17, 15) is 5.26 Å². The molecule has 0 saturated carbocycles. The number of para-hydroxylation sites is 2. The van der Waals surface area contributed by atoms with Crippen molar-refractivity contribution in [3.63, 3.8) is 0 Å². The molecule has 0 unspecified atom stereocenters. The van der Waals surface area contributed by atoms with Crippen LogP contribution in [0, 0.1) is 17.9 Å². The number of aromatic nitrogens is 2. The number of nitriles is 1. The van der Waals surface area contributed by atoms with Crippen LogP contribution in [0.3, 0.4) is 0 Å². The molecule has 0 saturated heterocycles. The Labute approximate surface area is 298 Å². The first-order chi connectivity index (χ1) is 25.8. The van der Waals surface area contributed by atoms with Gasteiger partial charge in [-0.2, -0.15) is 5.26 Å². The Morgan fingerprint density at radius 1 is 0.423 bits per heavy atom. The largest absolute Gasteiger partial charge is 0.318 e. The van der Waals surface area contributed by atoms with Gasteiger partial charge in [0.1, 0.15) is 0 Å². The zero-order valence-electron chi connectivity index (χ0n) is 27.8. The van der Waals surface area contributed by atoms with Crippen LogP contribution in [-0.2, 0) is 0 Å². The van der Waals surface area contributed by atoms with Gasteiger partial charge in [0.2, 0.25) is 5.69 Å². The predicted molar refractivity (Wildman–Crippen MR) is 216 cm³/mol. The van der Waals surface area contributed by atoms with Crippen molar-refractivity contribution in [1.82, 2.24) is 9.13 Å². The van der Waals surface area contributed by atoms with Gasteiger partial charge in [-0.3, -0.25) is 0 Å². The molecule has 11 rings (SSSR count). The fraction of sp³-hybridized carbons (Fsp3) is 0. The summed E-state index contributed by atoms with van der Waals surface area (Å²) in [7, 11) is 0. The van der Waals surface area contributed by atoms with Crippen molar-refractivity contribution in [1.29, 1.82) is 5.26 Å². The smallest absolute Gasteiger partial charge is 0.234 e. The van der Waals surface area contributed by atoms with Crippen molar-refractivity contribution >= 4 is 92.4 Å². The van der Waals surface area contributed by atoms with Crippen LogP contribution in [0.15, 0.2) is 158 Å². The summed E-state index contributed by atoms with van der Waals surface area (Å²) < 4.78 is 4.47. The molecule has 0 aliphatic heterocycles. The van der Waals surface area contributed by atoms with Crippen LogP contribution < -0.4 is 0 Å². The van der Waals surface area contributed by atoms with E-state index in [-0.39, 0.29) is 0 Å². The number of nitrogens with zero attached hydrogens (tertiary/aromatic N) is 4. The molecule has 4 heteroatoms. The Hall–Kier alpha value is -7.40. The van der Waals surface area contributed by atoms with Crippen molar-refractivity contribution < 1.29 is 0 Å². The van der Waals surface area contributed by atoms with Gasteiger partial charge in [0, 0.05) is 32.3 Å². The summed E-state index contributed by atoms with van der Waals surface area (Å²) in [5.41, 5.74) is 6.38. The van der Waals surface area contributed by atoms with E-state index in [1.54, 1.807) is 0 Å². The topological polar surface area (TPSA) is 38.0 Å². The summed E-state index contributed by atoms with van der Waals surface area (Å²) in [6.45, 7) is 8.89. The highest BCUT2D eigenvalue weighted by atomic mass is 15.1. The van der Waals surface area contributed by atoms with Gasteiger partial charge in [-0.05, 0) is 56.6 Å².